The van der Waals surface area contributed by atoms with E-state index in [-0.39, 0.29) is 11.8 Å². The average molecular weight is 330 g/mol. The van der Waals surface area contributed by atoms with Gasteiger partial charge >= 0.3 is 0 Å². The number of benzene rings is 1. The topological polar surface area (TPSA) is 72.6 Å². The lowest BCUT2D eigenvalue weighted by atomic mass is 9.93. The molecule has 0 radical (unpaired) electrons. The maximum Gasteiger partial charge on any atom is 0.253 e. The first-order valence-electron chi connectivity index (χ1n) is 8.40. The molecule has 0 saturated carbocycles. The van der Waals surface area contributed by atoms with E-state index < -0.39 is 0 Å². The zero-order valence-electron chi connectivity index (χ0n) is 14.3. The van der Waals surface area contributed by atoms with Crippen molar-refractivity contribution in [1.82, 2.24) is 4.90 Å². The summed E-state index contributed by atoms with van der Waals surface area (Å²) in [5.74, 6) is 0.843. The number of carbonyl (C=O) groups is 2. The van der Waals surface area contributed by atoms with Gasteiger partial charge in [0.05, 0.1) is 0 Å². The maximum atomic E-state index is 12.6. The largest absolute Gasteiger partial charge is 0.489 e. The Bertz CT molecular complexity index is 595. The summed E-state index contributed by atoms with van der Waals surface area (Å²) in [6.07, 6.45) is 3.16. The molecule has 0 aliphatic carbocycles. The molecule has 5 heteroatoms. The summed E-state index contributed by atoms with van der Waals surface area (Å²) in [4.78, 5) is 25.4. The predicted molar refractivity (Wildman–Crippen MR) is 93.8 cm³/mol. The normalized spacial score (nSPS) is 17.4. The van der Waals surface area contributed by atoms with Crippen molar-refractivity contribution in [2.75, 3.05) is 19.7 Å². The minimum Gasteiger partial charge on any atom is -0.489 e. The fraction of sp³-hybridized carbons (Fsp3) is 0.474. The van der Waals surface area contributed by atoms with Crippen LogP contribution in [0.25, 0.3) is 0 Å². The lowest BCUT2D eigenvalue weighted by molar-refractivity contribution is -0.118. The highest BCUT2D eigenvalue weighted by Gasteiger charge is 2.24. The molecule has 2 rings (SSSR count). The summed E-state index contributed by atoms with van der Waals surface area (Å²) in [5, 5.41) is 0. The van der Waals surface area contributed by atoms with Crippen molar-refractivity contribution in [3.05, 3.63) is 42.0 Å². The molecule has 0 aromatic heterocycles. The monoisotopic (exact) mass is 330 g/mol. The van der Waals surface area contributed by atoms with Crippen LogP contribution in [0.15, 0.2) is 36.4 Å². The van der Waals surface area contributed by atoms with Gasteiger partial charge in [0.1, 0.15) is 12.4 Å². The number of nitrogens with zero attached hydrogens (tertiary/aromatic N) is 1. The molecule has 1 heterocycles. The Labute approximate surface area is 143 Å². The molecule has 24 heavy (non-hydrogen) atoms. The summed E-state index contributed by atoms with van der Waals surface area (Å²) in [6, 6.07) is 7.21. The van der Waals surface area contributed by atoms with E-state index in [0.717, 1.165) is 37.1 Å². The first-order chi connectivity index (χ1) is 11.5. The molecule has 1 aliphatic heterocycles. The van der Waals surface area contributed by atoms with Gasteiger partial charge in [-0.05, 0) is 61.9 Å². The summed E-state index contributed by atoms with van der Waals surface area (Å²) in [7, 11) is 0. The third-order valence-corrected chi connectivity index (χ3v) is 4.19. The smallest absolute Gasteiger partial charge is 0.253 e. The van der Waals surface area contributed by atoms with Gasteiger partial charge in [-0.2, -0.15) is 0 Å². The van der Waals surface area contributed by atoms with Gasteiger partial charge < -0.3 is 15.4 Å². The second-order valence-corrected chi connectivity index (χ2v) is 6.53. The Morgan fingerprint density at radius 2 is 2.04 bits per heavy atom. The summed E-state index contributed by atoms with van der Waals surface area (Å²) in [6.45, 7) is 7.63. The predicted octanol–water partition coefficient (Wildman–Crippen LogP) is 2.76. The number of rotatable bonds is 7. The molecule has 130 valence electrons. The molecule has 0 unspecified atom stereocenters. The Morgan fingerprint density at radius 1 is 1.33 bits per heavy atom. The number of likely N-dealkylation sites (tertiary alicyclic amines) is 1. The first kappa shape index (κ1) is 18.0. The lowest BCUT2D eigenvalue weighted by Crippen LogP contribution is -2.40. The molecule has 1 aromatic rings. The number of ether oxygens (including phenoxy) is 1. The third-order valence-electron chi connectivity index (χ3n) is 4.19. The highest BCUT2D eigenvalue weighted by molar-refractivity contribution is 5.94. The van der Waals surface area contributed by atoms with Crippen LogP contribution in [0, 0.1) is 5.92 Å². The lowest BCUT2D eigenvalue weighted by Gasteiger charge is -2.32. The number of amides is 2. The van der Waals surface area contributed by atoms with Crippen molar-refractivity contribution < 1.29 is 14.3 Å². The second kappa shape index (κ2) is 8.52. The molecule has 1 fully saturated rings. The van der Waals surface area contributed by atoms with Crippen LogP contribution < -0.4 is 10.5 Å². The molecular weight excluding hydrogens is 304 g/mol. The average Bonchev–Trinajstić information content (AvgIpc) is 2.58. The van der Waals surface area contributed by atoms with Crippen LogP contribution in [0.3, 0.4) is 0 Å². The van der Waals surface area contributed by atoms with Crippen LogP contribution in [-0.2, 0) is 4.79 Å². The van der Waals surface area contributed by atoms with Gasteiger partial charge in [0, 0.05) is 25.1 Å². The second-order valence-electron chi connectivity index (χ2n) is 6.53. The molecule has 5 nitrogen and oxygen atoms in total. The van der Waals surface area contributed by atoms with Crippen LogP contribution in [0.1, 0.15) is 43.0 Å². The van der Waals surface area contributed by atoms with Gasteiger partial charge in [0.2, 0.25) is 5.91 Å². The van der Waals surface area contributed by atoms with Crippen molar-refractivity contribution in [3.8, 4) is 5.75 Å². The number of hydrogen-bond donors (Lipinski definition) is 1. The van der Waals surface area contributed by atoms with Gasteiger partial charge in [-0.25, -0.2) is 0 Å². The molecule has 0 bridgehead atoms. The van der Waals surface area contributed by atoms with Crippen LogP contribution in [0.5, 0.6) is 5.75 Å². The van der Waals surface area contributed by atoms with E-state index in [9.17, 15) is 9.59 Å². The maximum absolute atomic E-state index is 12.6. The van der Waals surface area contributed by atoms with E-state index in [2.05, 4.69) is 6.58 Å². The highest BCUT2D eigenvalue weighted by atomic mass is 16.5. The molecule has 1 atom stereocenters. The van der Waals surface area contributed by atoms with Crippen molar-refractivity contribution in [2.45, 2.75) is 32.6 Å². The minimum absolute atomic E-state index is 0.0326. The third kappa shape index (κ3) is 5.41. The zero-order chi connectivity index (χ0) is 17.5. The fourth-order valence-electron chi connectivity index (χ4n) is 2.91. The fourth-order valence-corrected chi connectivity index (χ4v) is 2.91. The molecule has 0 spiro atoms. The SMILES string of the molecule is C=C(C)COc1ccc(C(=O)N2CCC[C@H](CCC(N)=O)C2)cc1. The van der Waals surface area contributed by atoms with Gasteiger partial charge in [-0.1, -0.05) is 6.58 Å². The van der Waals surface area contributed by atoms with Crippen molar-refractivity contribution in [2.24, 2.45) is 11.7 Å². The summed E-state index contributed by atoms with van der Waals surface area (Å²) in [5.41, 5.74) is 6.83. The Balaban J connectivity index is 1.92. The molecule has 1 saturated heterocycles. The number of hydrogen-bond acceptors (Lipinski definition) is 3. The van der Waals surface area contributed by atoms with Gasteiger partial charge in [0.25, 0.3) is 5.91 Å². The van der Waals surface area contributed by atoms with E-state index in [1.165, 1.54) is 0 Å². The summed E-state index contributed by atoms with van der Waals surface area (Å²) >= 11 is 0. The van der Waals surface area contributed by atoms with E-state index >= 15 is 0 Å². The number of piperidine rings is 1. The van der Waals surface area contributed by atoms with E-state index in [1.807, 2.05) is 24.0 Å². The van der Waals surface area contributed by atoms with Crippen molar-refractivity contribution in [3.63, 3.8) is 0 Å². The van der Waals surface area contributed by atoms with Crippen LogP contribution in [0.2, 0.25) is 0 Å². The van der Waals surface area contributed by atoms with Crippen LogP contribution >= 0.6 is 0 Å². The van der Waals surface area contributed by atoms with Gasteiger partial charge in [-0.3, -0.25) is 9.59 Å². The van der Waals surface area contributed by atoms with E-state index in [1.54, 1.807) is 12.1 Å². The van der Waals surface area contributed by atoms with Crippen molar-refractivity contribution >= 4 is 11.8 Å². The standard InChI is InChI=1S/C19H26N2O3/c1-14(2)13-24-17-8-6-16(7-9-17)19(23)21-11-3-4-15(12-21)5-10-18(20)22/h6-9,15H,1,3-5,10-13H2,2H3,(H2,20,22)/t15-/m1/s1. The Morgan fingerprint density at radius 3 is 2.67 bits per heavy atom. The molecule has 2 N–H and O–H groups in total. The molecule has 2 amide bonds. The summed E-state index contributed by atoms with van der Waals surface area (Å²) < 4.78 is 5.55. The molecule has 1 aromatic carbocycles. The van der Waals surface area contributed by atoms with Crippen LogP contribution in [-0.4, -0.2) is 36.4 Å². The highest BCUT2D eigenvalue weighted by Crippen LogP contribution is 2.23. The minimum atomic E-state index is -0.274. The Kier molecular flexibility index (Phi) is 6.41. The van der Waals surface area contributed by atoms with Crippen molar-refractivity contribution in [1.29, 1.82) is 0 Å². The number of carbonyl (C=O) groups excluding carboxylic acids is 2. The quantitative estimate of drug-likeness (QED) is 0.781. The van der Waals surface area contributed by atoms with Crippen LogP contribution in [0.4, 0.5) is 0 Å². The first-order valence-corrected chi connectivity index (χ1v) is 8.40. The molecular formula is C19H26N2O3. The van der Waals surface area contributed by atoms with E-state index in [0.29, 0.717) is 31.1 Å². The Hall–Kier alpha value is -2.30. The van der Waals surface area contributed by atoms with Gasteiger partial charge in [0.15, 0.2) is 0 Å². The van der Waals surface area contributed by atoms with E-state index in [4.69, 9.17) is 10.5 Å². The number of primary amides is 1. The molecule has 1 aliphatic rings. The number of nitrogens with two attached hydrogens (primary N) is 1. The van der Waals surface area contributed by atoms with Gasteiger partial charge in [-0.15, -0.1) is 0 Å². The zero-order valence-corrected chi connectivity index (χ0v) is 14.3.